The van der Waals surface area contributed by atoms with Gasteiger partial charge in [0, 0.05) is 31.8 Å². The zero-order chi connectivity index (χ0) is 28.8. The maximum Gasteiger partial charge on any atom is 0.245 e. The first-order valence-corrected chi connectivity index (χ1v) is 15.7. The number of hydrazine groups is 1. The van der Waals surface area contributed by atoms with E-state index in [1.807, 2.05) is 76.6 Å². The Kier molecular flexibility index (Phi) is 9.54. The molecule has 41 heavy (non-hydrogen) atoms. The molecule has 0 radical (unpaired) electrons. The van der Waals surface area contributed by atoms with Crippen LogP contribution < -0.4 is 5.32 Å². The van der Waals surface area contributed by atoms with Gasteiger partial charge in [-0.05, 0) is 33.8 Å². The lowest BCUT2D eigenvalue weighted by atomic mass is 9.90. The van der Waals surface area contributed by atoms with Crippen molar-refractivity contribution in [2.45, 2.75) is 31.1 Å². The first-order chi connectivity index (χ1) is 20.0. The van der Waals surface area contributed by atoms with Gasteiger partial charge in [0.1, 0.15) is 18.0 Å². The fraction of sp³-hybridized carbons (Fsp3) is 0.312. The second-order valence-corrected chi connectivity index (χ2v) is 11.7. The molecule has 2 saturated heterocycles. The summed E-state index contributed by atoms with van der Waals surface area (Å²) >= 11 is 0. The van der Waals surface area contributed by atoms with Crippen molar-refractivity contribution in [1.82, 2.24) is 25.1 Å². The van der Waals surface area contributed by atoms with Gasteiger partial charge in [-0.3, -0.25) is 14.6 Å². The molecule has 3 aromatic carbocycles. The molecule has 0 aromatic heterocycles. The Bertz CT molecular complexity index is 1290. The van der Waals surface area contributed by atoms with E-state index in [1.54, 1.807) is 4.90 Å². The largest absolute Gasteiger partial charge is 0.367 e. The molecule has 1 N–H and O–H groups in total. The van der Waals surface area contributed by atoms with E-state index in [4.69, 9.17) is 10.7 Å². The van der Waals surface area contributed by atoms with Gasteiger partial charge in [0.05, 0.1) is 13.1 Å². The van der Waals surface area contributed by atoms with Crippen molar-refractivity contribution in [3.63, 3.8) is 0 Å². The summed E-state index contributed by atoms with van der Waals surface area (Å²) in [6, 6.07) is 30.1. The number of piperazine rings is 1. The molecule has 0 unspecified atom stereocenters. The first-order valence-electron chi connectivity index (χ1n) is 13.9. The predicted octanol–water partition coefficient (Wildman–Crippen LogP) is 4.88. The Balaban J connectivity index is 1.46. The maximum absolute atomic E-state index is 14.1. The number of likely N-dealkylation sites (N-methyl/N-ethyl adjacent to an activating group) is 1. The molecule has 2 fully saturated rings. The molecule has 3 aromatic rings. The summed E-state index contributed by atoms with van der Waals surface area (Å²) in [5.41, 5.74) is 3.42. The lowest BCUT2D eigenvalue weighted by Gasteiger charge is -2.56. The normalized spacial score (nSPS) is 19.4. The molecule has 7 nitrogen and oxygen atoms in total. The number of halogens is 1. The van der Waals surface area contributed by atoms with Gasteiger partial charge in [-0.25, -0.2) is 5.01 Å². The van der Waals surface area contributed by atoms with Crippen LogP contribution in [0, 0.1) is 0 Å². The van der Waals surface area contributed by atoms with Crippen molar-refractivity contribution >= 4 is 33.5 Å². The van der Waals surface area contributed by atoms with Crippen molar-refractivity contribution in [2.24, 2.45) is 0 Å². The van der Waals surface area contributed by atoms with Gasteiger partial charge >= 0.3 is 0 Å². The van der Waals surface area contributed by atoms with Gasteiger partial charge in [-0.15, -0.1) is 0 Å². The molecular formula is C32H36ClN5O2S. The van der Waals surface area contributed by atoms with Crippen LogP contribution in [0.4, 0.5) is 0 Å². The molecule has 2 heterocycles. The molecule has 0 saturated carbocycles. The number of benzene rings is 3. The summed E-state index contributed by atoms with van der Waals surface area (Å²) < 4.78 is 0. The van der Waals surface area contributed by atoms with E-state index in [9.17, 15) is 9.59 Å². The minimum absolute atomic E-state index is 0.0131. The maximum atomic E-state index is 14.1. The summed E-state index contributed by atoms with van der Waals surface area (Å²) in [5.74, 6) is 1.13. The first kappa shape index (κ1) is 29.0. The fourth-order valence-corrected chi connectivity index (χ4v) is 6.45. The molecule has 2 aliphatic rings. The lowest BCUT2D eigenvalue weighted by molar-refractivity contribution is -0.192. The summed E-state index contributed by atoms with van der Waals surface area (Å²) in [5, 5.41) is 7.38. The number of hydrogen-bond acceptors (Lipinski definition) is 6. The molecule has 0 bridgehead atoms. The number of amides is 2. The van der Waals surface area contributed by atoms with E-state index in [0.29, 0.717) is 37.6 Å². The van der Waals surface area contributed by atoms with Crippen molar-refractivity contribution in [3.05, 3.63) is 120 Å². The average molecular weight is 590 g/mol. The third-order valence-electron chi connectivity index (χ3n) is 7.83. The number of carbonyl (C=O) groups excluding carboxylic acids is 2. The second-order valence-electron chi connectivity index (χ2n) is 10.5. The van der Waals surface area contributed by atoms with Crippen LogP contribution in [0.3, 0.4) is 0 Å². The predicted molar refractivity (Wildman–Crippen MR) is 166 cm³/mol. The van der Waals surface area contributed by atoms with Gasteiger partial charge in [-0.2, -0.15) is 0 Å². The minimum atomic E-state index is -0.599. The van der Waals surface area contributed by atoms with Crippen LogP contribution >= 0.6 is 21.7 Å². The number of hydrogen-bond donors (Lipinski definition) is 1. The van der Waals surface area contributed by atoms with E-state index < -0.39 is 12.2 Å². The van der Waals surface area contributed by atoms with Gasteiger partial charge < -0.3 is 15.1 Å². The van der Waals surface area contributed by atoms with Gasteiger partial charge in [0.15, 0.2) is 0 Å². The molecule has 2 amide bonds. The lowest BCUT2D eigenvalue weighted by Crippen LogP contribution is -2.74. The molecule has 214 valence electrons. The smallest absolute Gasteiger partial charge is 0.245 e. The number of nitrogens with zero attached hydrogens (tertiary/aromatic N) is 4. The van der Waals surface area contributed by atoms with Crippen molar-refractivity contribution in [1.29, 1.82) is 0 Å². The zero-order valence-corrected chi connectivity index (χ0v) is 24.8. The van der Waals surface area contributed by atoms with E-state index >= 15 is 0 Å². The van der Waals surface area contributed by atoms with Crippen LogP contribution in [0.1, 0.15) is 29.0 Å². The molecule has 9 heteroatoms. The highest BCUT2D eigenvalue weighted by atomic mass is 35.7. The van der Waals surface area contributed by atoms with Crippen LogP contribution in [0.5, 0.6) is 0 Å². The number of nitrogens with one attached hydrogen (secondary N) is 1. The standard InChI is InChI=1S/C32H36ClN5O2S/c1-24(34-20-25-12-6-3-7-13-25)38-30-22-36(32(40)29(18-19-41-33)37(30)31(39)23-35(38)2)21-28(26-14-8-4-9-15-26)27-16-10-5-11-17-27/h3-17,28-30,34H,1,18-23H2,2H3/t29-,30-/m0/s1. The Morgan fingerprint density at radius 2 is 1.56 bits per heavy atom. The van der Waals surface area contributed by atoms with Crippen LogP contribution in [0.2, 0.25) is 0 Å². The number of rotatable bonds is 11. The van der Waals surface area contributed by atoms with E-state index in [-0.39, 0.29) is 24.3 Å². The molecule has 5 rings (SSSR count). The Morgan fingerprint density at radius 1 is 0.976 bits per heavy atom. The highest BCUT2D eigenvalue weighted by molar-refractivity contribution is 8.21. The fourth-order valence-electron chi connectivity index (χ4n) is 5.87. The SMILES string of the molecule is C=C(NCc1ccccc1)N1[C@H]2CN(CC(c3ccccc3)c3ccccc3)C(=O)[C@H](CCSCl)N2C(=O)CN1C. The summed E-state index contributed by atoms with van der Waals surface area (Å²) in [4.78, 5) is 31.3. The number of carbonyl (C=O) groups is 2. The van der Waals surface area contributed by atoms with Gasteiger partial charge in [0.25, 0.3) is 0 Å². The van der Waals surface area contributed by atoms with Crippen LogP contribution in [0.15, 0.2) is 103 Å². The monoisotopic (exact) mass is 589 g/mol. The van der Waals surface area contributed by atoms with Crippen molar-refractivity contribution in [3.8, 4) is 0 Å². The second kappa shape index (κ2) is 13.5. The molecule has 0 spiro atoms. The molecular weight excluding hydrogens is 554 g/mol. The third kappa shape index (κ3) is 6.56. The Morgan fingerprint density at radius 3 is 2.15 bits per heavy atom. The van der Waals surface area contributed by atoms with Gasteiger partial charge in [-0.1, -0.05) is 109 Å². The highest BCUT2D eigenvalue weighted by Gasteiger charge is 2.49. The summed E-state index contributed by atoms with van der Waals surface area (Å²) in [7, 11) is 9.07. The molecule has 2 atom stereocenters. The molecule has 2 aliphatic heterocycles. The van der Waals surface area contributed by atoms with Crippen molar-refractivity contribution < 1.29 is 9.59 Å². The molecule has 0 aliphatic carbocycles. The third-order valence-corrected chi connectivity index (χ3v) is 8.68. The van der Waals surface area contributed by atoms with Crippen LogP contribution in [-0.2, 0) is 16.1 Å². The quantitative estimate of drug-likeness (QED) is 0.344. The Hall–Kier alpha value is -3.46. The average Bonchev–Trinajstić information content (AvgIpc) is 3.00. The summed E-state index contributed by atoms with van der Waals surface area (Å²) in [6.45, 7) is 5.98. The van der Waals surface area contributed by atoms with Crippen molar-refractivity contribution in [2.75, 3.05) is 32.4 Å². The van der Waals surface area contributed by atoms with E-state index in [2.05, 4.69) is 48.3 Å². The highest BCUT2D eigenvalue weighted by Crippen LogP contribution is 2.33. The Labute approximate surface area is 251 Å². The topological polar surface area (TPSA) is 59.1 Å². The number of fused-ring (bicyclic) bond motifs is 1. The van der Waals surface area contributed by atoms with Gasteiger partial charge in [0.2, 0.25) is 11.8 Å². The van der Waals surface area contributed by atoms with Crippen LogP contribution in [0.25, 0.3) is 0 Å². The zero-order valence-electron chi connectivity index (χ0n) is 23.2. The van der Waals surface area contributed by atoms with E-state index in [0.717, 1.165) is 16.7 Å². The minimum Gasteiger partial charge on any atom is -0.367 e. The van der Waals surface area contributed by atoms with E-state index in [1.165, 1.54) is 11.0 Å². The summed E-state index contributed by atoms with van der Waals surface area (Å²) in [6.07, 6.45) is 0.0846. The van der Waals surface area contributed by atoms with Crippen LogP contribution in [-0.4, -0.2) is 76.3 Å².